The zero-order chi connectivity index (χ0) is 14.4. The molecule has 0 spiro atoms. The molecule has 0 saturated heterocycles. The van der Waals surface area contributed by atoms with E-state index in [1.807, 2.05) is 24.3 Å². The summed E-state index contributed by atoms with van der Waals surface area (Å²) in [5, 5.41) is 12.1. The Morgan fingerprint density at radius 1 is 1.35 bits per heavy atom. The van der Waals surface area contributed by atoms with E-state index in [9.17, 15) is 4.79 Å². The van der Waals surface area contributed by atoms with Crippen LogP contribution in [0.2, 0.25) is 0 Å². The van der Waals surface area contributed by atoms with Gasteiger partial charge in [0, 0.05) is 6.54 Å². The van der Waals surface area contributed by atoms with E-state index in [2.05, 4.69) is 20.0 Å². The maximum absolute atomic E-state index is 11.3. The number of carbonyl (C=O) groups is 1. The first-order valence-electron chi connectivity index (χ1n) is 6.06. The van der Waals surface area contributed by atoms with Crippen molar-refractivity contribution in [3.8, 4) is 0 Å². The highest BCUT2D eigenvalue weighted by Gasteiger charge is 2.08. The Hall–Kier alpha value is -2.47. The van der Waals surface area contributed by atoms with Crippen LogP contribution in [0.1, 0.15) is 21.6 Å². The second-order valence-corrected chi connectivity index (χ2v) is 4.11. The first-order chi connectivity index (χ1) is 9.72. The molecule has 6 nitrogen and oxygen atoms in total. The summed E-state index contributed by atoms with van der Waals surface area (Å²) in [7, 11) is 1.30. The van der Waals surface area contributed by atoms with Crippen molar-refractivity contribution in [2.75, 3.05) is 12.4 Å². The summed E-state index contributed by atoms with van der Waals surface area (Å²) >= 11 is 0. The van der Waals surface area contributed by atoms with Crippen LogP contribution in [-0.2, 0) is 17.9 Å². The number of carbonyl (C=O) groups excluding carboxylic acids is 1. The fraction of sp³-hybridized carbons (Fsp3) is 0.214. The minimum absolute atomic E-state index is 0.00543. The lowest BCUT2D eigenvalue weighted by atomic mass is 10.1. The Bertz CT molecular complexity index is 602. The number of ether oxygens (including phenoxy) is 1. The monoisotopic (exact) mass is 273 g/mol. The molecule has 0 aliphatic rings. The number of nitrogens with one attached hydrogen (secondary N) is 1. The molecule has 0 bridgehead atoms. The normalized spacial score (nSPS) is 10.1. The molecule has 1 aromatic carbocycles. The van der Waals surface area contributed by atoms with E-state index in [0.717, 1.165) is 11.1 Å². The molecule has 0 amide bonds. The number of methoxy groups -OCH3 is 1. The highest BCUT2D eigenvalue weighted by molar-refractivity contribution is 5.87. The number of anilines is 1. The largest absolute Gasteiger partial charge is 0.464 e. The third-order valence-electron chi connectivity index (χ3n) is 2.68. The first kappa shape index (κ1) is 14.0. The lowest BCUT2D eigenvalue weighted by Crippen LogP contribution is -2.08. The van der Waals surface area contributed by atoms with Gasteiger partial charge in [-0.3, -0.25) is 4.98 Å². The van der Waals surface area contributed by atoms with Crippen LogP contribution in [0.3, 0.4) is 0 Å². The SMILES string of the molecule is COC(=O)c1cncc(NCc2cccc(CO)c2)n1. The van der Waals surface area contributed by atoms with Gasteiger partial charge >= 0.3 is 5.97 Å². The van der Waals surface area contributed by atoms with Crippen LogP contribution in [0, 0.1) is 0 Å². The minimum atomic E-state index is -0.525. The van der Waals surface area contributed by atoms with Gasteiger partial charge < -0.3 is 15.2 Å². The van der Waals surface area contributed by atoms with Crippen LogP contribution >= 0.6 is 0 Å². The minimum Gasteiger partial charge on any atom is -0.464 e. The van der Waals surface area contributed by atoms with Crippen molar-refractivity contribution in [3.05, 3.63) is 53.5 Å². The molecular weight excluding hydrogens is 258 g/mol. The molecule has 0 aliphatic heterocycles. The predicted octanol–water partition coefficient (Wildman–Crippen LogP) is 1.37. The van der Waals surface area contributed by atoms with Gasteiger partial charge in [-0.2, -0.15) is 0 Å². The standard InChI is InChI=1S/C14H15N3O3/c1-20-14(19)12-7-15-8-13(17-12)16-6-10-3-2-4-11(5-10)9-18/h2-5,7-8,18H,6,9H2,1H3,(H,16,17). The van der Waals surface area contributed by atoms with Crippen molar-refractivity contribution < 1.29 is 14.6 Å². The van der Waals surface area contributed by atoms with Gasteiger partial charge in [-0.25, -0.2) is 9.78 Å². The lowest BCUT2D eigenvalue weighted by molar-refractivity contribution is 0.0593. The van der Waals surface area contributed by atoms with Crippen molar-refractivity contribution in [2.45, 2.75) is 13.2 Å². The molecule has 0 unspecified atom stereocenters. The zero-order valence-corrected chi connectivity index (χ0v) is 11.0. The molecule has 1 aromatic heterocycles. The predicted molar refractivity (Wildman–Crippen MR) is 73.1 cm³/mol. The van der Waals surface area contributed by atoms with Gasteiger partial charge in [0.15, 0.2) is 5.69 Å². The quantitative estimate of drug-likeness (QED) is 0.800. The maximum atomic E-state index is 11.3. The molecule has 0 aliphatic carbocycles. The number of aliphatic hydroxyl groups is 1. The first-order valence-corrected chi connectivity index (χ1v) is 6.06. The van der Waals surface area contributed by atoms with Crippen molar-refractivity contribution in [3.63, 3.8) is 0 Å². The average molecular weight is 273 g/mol. The van der Waals surface area contributed by atoms with Gasteiger partial charge in [0.2, 0.25) is 0 Å². The number of hydrogen-bond donors (Lipinski definition) is 2. The second-order valence-electron chi connectivity index (χ2n) is 4.11. The number of benzene rings is 1. The van der Waals surface area contributed by atoms with E-state index in [4.69, 9.17) is 5.11 Å². The molecule has 6 heteroatoms. The molecule has 0 radical (unpaired) electrons. The molecule has 0 atom stereocenters. The third kappa shape index (κ3) is 3.52. The number of nitrogens with zero attached hydrogens (tertiary/aromatic N) is 2. The summed E-state index contributed by atoms with van der Waals surface area (Å²) < 4.78 is 4.59. The van der Waals surface area contributed by atoms with Gasteiger partial charge in [0.25, 0.3) is 0 Å². The number of aliphatic hydroxyl groups excluding tert-OH is 1. The van der Waals surface area contributed by atoms with Crippen LogP contribution in [0.4, 0.5) is 5.82 Å². The Morgan fingerprint density at radius 3 is 2.90 bits per heavy atom. The molecule has 104 valence electrons. The van der Waals surface area contributed by atoms with Gasteiger partial charge in [-0.05, 0) is 11.1 Å². The van der Waals surface area contributed by atoms with E-state index in [1.54, 1.807) is 0 Å². The van der Waals surface area contributed by atoms with Gasteiger partial charge in [0.1, 0.15) is 5.82 Å². The average Bonchev–Trinajstić information content (AvgIpc) is 2.52. The van der Waals surface area contributed by atoms with Crippen molar-refractivity contribution in [2.24, 2.45) is 0 Å². The van der Waals surface area contributed by atoms with Crippen molar-refractivity contribution in [1.29, 1.82) is 0 Å². The Labute approximate surface area is 116 Å². The van der Waals surface area contributed by atoms with E-state index < -0.39 is 5.97 Å². The van der Waals surface area contributed by atoms with Crippen molar-refractivity contribution in [1.82, 2.24) is 9.97 Å². The van der Waals surface area contributed by atoms with E-state index in [0.29, 0.717) is 12.4 Å². The maximum Gasteiger partial charge on any atom is 0.358 e. The Balaban J connectivity index is 2.05. The molecule has 1 heterocycles. The zero-order valence-electron chi connectivity index (χ0n) is 11.0. The Kier molecular flexibility index (Phi) is 4.62. The molecule has 0 saturated carbocycles. The van der Waals surface area contributed by atoms with Gasteiger partial charge in [-0.1, -0.05) is 24.3 Å². The number of aromatic nitrogens is 2. The summed E-state index contributed by atoms with van der Waals surface area (Å²) in [6, 6.07) is 7.55. The van der Waals surface area contributed by atoms with Crippen LogP contribution < -0.4 is 5.32 Å². The van der Waals surface area contributed by atoms with E-state index in [1.165, 1.54) is 19.5 Å². The van der Waals surface area contributed by atoms with Crippen LogP contribution in [-0.4, -0.2) is 28.2 Å². The summed E-state index contributed by atoms with van der Waals surface area (Å²) in [5.41, 5.74) is 2.00. The molecular formula is C14H15N3O3. The number of rotatable bonds is 5. The fourth-order valence-corrected chi connectivity index (χ4v) is 1.68. The van der Waals surface area contributed by atoms with Crippen LogP contribution in [0.15, 0.2) is 36.7 Å². The highest BCUT2D eigenvalue weighted by atomic mass is 16.5. The molecule has 2 rings (SSSR count). The number of hydrogen-bond acceptors (Lipinski definition) is 6. The van der Waals surface area contributed by atoms with Gasteiger partial charge in [0.05, 0.1) is 26.1 Å². The fourth-order valence-electron chi connectivity index (χ4n) is 1.68. The molecule has 2 N–H and O–H groups in total. The molecule has 2 aromatic rings. The van der Waals surface area contributed by atoms with E-state index in [-0.39, 0.29) is 12.3 Å². The third-order valence-corrected chi connectivity index (χ3v) is 2.68. The molecule has 20 heavy (non-hydrogen) atoms. The lowest BCUT2D eigenvalue weighted by Gasteiger charge is -2.07. The second kappa shape index (κ2) is 6.63. The summed E-state index contributed by atoms with van der Waals surface area (Å²) in [6.45, 7) is 0.526. The molecule has 0 fully saturated rings. The summed E-state index contributed by atoms with van der Waals surface area (Å²) in [4.78, 5) is 19.4. The summed E-state index contributed by atoms with van der Waals surface area (Å²) in [5.74, 6) is -0.0364. The van der Waals surface area contributed by atoms with Crippen molar-refractivity contribution >= 4 is 11.8 Å². The Morgan fingerprint density at radius 2 is 2.15 bits per heavy atom. The van der Waals surface area contributed by atoms with Crippen LogP contribution in [0.5, 0.6) is 0 Å². The number of esters is 1. The van der Waals surface area contributed by atoms with Crippen LogP contribution in [0.25, 0.3) is 0 Å². The highest BCUT2D eigenvalue weighted by Crippen LogP contribution is 2.09. The summed E-state index contributed by atoms with van der Waals surface area (Å²) in [6.07, 6.45) is 2.88. The topological polar surface area (TPSA) is 84.3 Å². The van der Waals surface area contributed by atoms with Gasteiger partial charge in [-0.15, -0.1) is 0 Å². The van der Waals surface area contributed by atoms with E-state index >= 15 is 0 Å². The smallest absolute Gasteiger partial charge is 0.358 e.